The van der Waals surface area contributed by atoms with Gasteiger partial charge in [0.1, 0.15) is 5.54 Å². The van der Waals surface area contributed by atoms with Gasteiger partial charge in [0.2, 0.25) is 5.91 Å². The zero-order valence-electron chi connectivity index (χ0n) is 15.9. The maximum atomic E-state index is 13.1. The normalized spacial score (nSPS) is 24.9. The third-order valence-electron chi connectivity index (χ3n) is 6.22. The molecular weight excluding hydrogens is 387 g/mol. The van der Waals surface area contributed by atoms with Gasteiger partial charge in [-0.25, -0.2) is 4.79 Å². The Morgan fingerprint density at radius 1 is 1.24 bits per heavy atom. The lowest BCUT2D eigenvalue weighted by Gasteiger charge is -2.31. The summed E-state index contributed by atoms with van der Waals surface area (Å²) in [5.41, 5.74) is -0.601. The van der Waals surface area contributed by atoms with E-state index in [2.05, 4.69) is 10.6 Å². The molecule has 1 aliphatic carbocycles. The van der Waals surface area contributed by atoms with Gasteiger partial charge in [-0.1, -0.05) is 13.0 Å². The number of hydrogen-bond acceptors (Lipinski definition) is 3. The Labute approximate surface area is 165 Å². The molecule has 2 N–H and O–H groups in total. The molecule has 2 atom stereocenters. The van der Waals surface area contributed by atoms with Crippen LogP contribution in [-0.4, -0.2) is 28.3 Å². The van der Waals surface area contributed by atoms with E-state index >= 15 is 0 Å². The quantitative estimate of drug-likeness (QED) is 0.734. The summed E-state index contributed by atoms with van der Waals surface area (Å²) in [5.74, 6) is -1.08. The van der Waals surface area contributed by atoms with Crippen LogP contribution in [0.15, 0.2) is 18.2 Å². The highest BCUT2D eigenvalue weighted by Crippen LogP contribution is 2.45. The summed E-state index contributed by atoms with van der Waals surface area (Å²) in [6.45, 7) is 2.20. The first kappa shape index (κ1) is 19.7. The molecule has 0 bridgehead atoms. The highest BCUT2D eigenvalue weighted by molar-refractivity contribution is 6.07. The Kier molecular flexibility index (Phi) is 4.59. The zero-order valence-corrected chi connectivity index (χ0v) is 15.9. The summed E-state index contributed by atoms with van der Waals surface area (Å²) < 4.78 is 38.9. The number of carbonyl (C=O) groups is 3. The fourth-order valence-corrected chi connectivity index (χ4v) is 4.46. The molecule has 1 saturated heterocycles. The minimum atomic E-state index is -4.43. The number of nitrogens with one attached hydrogen (secondary N) is 2. The SMILES string of the molecule is CCC(CC1(C2CC2)NC(=O)NC1=O)C(=O)N1Cc2ccc(C(F)(F)F)cc2C1. The van der Waals surface area contributed by atoms with Crippen molar-refractivity contribution in [3.05, 3.63) is 34.9 Å². The van der Waals surface area contributed by atoms with Crippen LogP contribution in [0.25, 0.3) is 0 Å². The lowest BCUT2D eigenvalue weighted by molar-refractivity contribution is -0.138. The van der Waals surface area contributed by atoms with E-state index in [0.29, 0.717) is 17.5 Å². The van der Waals surface area contributed by atoms with Crippen LogP contribution < -0.4 is 10.6 Å². The Morgan fingerprint density at radius 2 is 1.93 bits per heavy atom. The molecule has 9 heteroatoms. The predicted molar refractivity (Wildman–Crippen MR) is 96.2 cm³/mol. The van der Waals surface area contributed by atoms with E-state index in [-0.39, 0.29) is 31.3 Å². The van der Waals surface area contributed by atoms with E-state index in [4.69, 9.17) is 0 Å². The summed E-state index contributed by atoms with van der Waals surface area (Å²) in [7, 11) is 0. The van der Waals surface area contributed by atoms with Gasteiger partial charge in [0.05, 0.1) is 5.56 Å². The smallest absolute Gasteiger partial charge is 0.334 e. The molecule has 0 radical (unpaired) electrons. The number of benzene rings is 1. The number of alkyl halides is 3. The van der Waals surface area contributed by atoms with Crippen molar-refractivity contribution >= 4 is 17.8 Å². The summed E-state index contributed by atoms with van der Waals surface area (Å²) in [6, 6.07) is 3.00. The minimum Gasteiger partial charge on any atom is -0.334 e. The highest BCUT2D eigenvalue weighted by Gasteiger charge is 2.57. The van der Waals surface area contributed by atoms with Gasteiger partial charge in [0.15, 0.2) is 0 Å². The highest BCUT2D eigenvalue weighted by atomic mass is 19.4. The van der Waals surface area contributed by atoms with Crippen molar-refractivity contribution in [2.24, 2.45) is 11.8 Å². The fraction of sp³-hybridized carbons (Fsp3) is 0.550. The van der Waals surface area contributed by atoms with Gasteiger partial charge in [-0.2, -0.15) is 13.2 Å². The molecule has 0 aromatic heterocycles. The second-order valence-electron chi connectivity index (χ2n) is 8.14. The summed E-state index contributed by atoms with van der Waals surface area (Å²) in [6.07, 6.45) is -2.13. The first-order chi connectivity index (χ1) is 13.6. The van der Waals surface area contributed by atoms with Crippen LogP contribution in [0, 0.1) is 11.8 Å². The molecule has 1 saturated carbocycles. The van der Waals surface area contributed by atoms with E-state index in [1.807, 2.05) is 6.92 Å². The molecular formula is C20H22F3N3O3. The number of fused-ring (bicyclic) bond motifs is 1. The number of urea groups is 1. The van der Waals surface area contributed by atoms with Gasteiger partial charge in [0, 0.05) is 19.0 Å². The van der Waals surface area contributed by atoms with Crippen LogP contribution in [0.4, 0.5) is 18.0 Å². The second kappa shape index (κ2) is 6.74. The van der Waals surface area contributed by atoms with Gasteiger partial charge in [-0.15, -0.1) is 0 Å². The largest absolute Gasteiger partial charge is 0.416 e. The summed E-state index contributed by atoms with van der Waals surface area (Å²) >= 11 is 0. The molecule has 1 aromatic rings. The maximum absolute atomic E-state index is 13.1. The lowest BCUT2D eigenvalue weighted by atomic mass is 9.81. The first-order valence-corrected chi connectivity index (χ1v) is 9.75. The van der Waals surface area contributed by atoms with Crippen LogP contribution in [0.2, 0.25) is 0 Å². The van der Waals surface area contributed by atoms with Crippen LogP contribution in [0.1, 0.15) is 49.3 Å². The van der Waals surface area contributed by atoms with Crippen LogP contribution in [0.3, 0.4) is 0 Å². The van der Waals surface area contributed by atoms with Gasteiger partial charge in [-0.3, -0.25) is 14.9 Å². The second-order valence-corrected chi connectivity index (χ2v) is 8.14. The first-order valence-electron chi connectivity index (χ1n) is 9.75. The molecule has 1 aromatic carbocycles. The topological polar surface area (TPSA) is 78.5 Å². The summed E-state index contributed by atoms with van der Waals surface area (Å²) in [4.78, 5) is 38.9. The van der Waals surface area contributed by atoms with Crippen molar-refractivity contribution in [1.82, 2.24) is 15.5 Å². The number of hydrogen-bond donors (Lipinski definition) is 2. The molecule has 2 heterocycles. The molecule has 4 rings (SSSR count). The Morgan fingerprint density at radius 3 is 2.48 bits per heavy atom. The predicted octanol–water partition coefficient (Wildman–Crippen LogP) is 2.95. The average molecular weight is 409 g/mol. The third kappa shape index (κ3) is 3.47. The van der Waals surface area contributed by atoms with Crippen molar-refractivity contribution in [2.45, 2.75) is 57.4 Å². The Balaban J connectivity index is 1.51. The van der Waals surface area contributed by atoms with Crippen molar-refractivity contribution < 1.29 is 27.6 Å². The number of amides is 4. The van der Waals surface area contributed by atoms with E-state index in [0.717, 1.165) is 25.0 Å². The fourth-order valence-electron chi connectivity index (χ4n) is 4.46. The van der Waals surface area contributed by atoms with Gasteiger partial charge >= 0.3 is 12.2 Å². The van der Waals surface area contributed by atoms with Gasteiger partial charge < -0.3 is 10.2 Å². The van der Waals surface area contributed by atoms with Crippen molar-refractivity contribution in [3.63, 3.8) is 0 Å². The number of halogens is 3. The van der Waals surface area contributed by atoms with Gasteiger partial charge in [-0.05, 0) is 54.9 Å². The third-order valence-corrected chi connectivity index (χ3v) is 6.22. The lowest BCUT2D eigenvalue weighted by Crippen LogP contribution is -2.52. The Bertz CT molecular complexity index is 881. The van der Waals surface area contributed by atoms with Gasteiger partial charge in [0.25, 0.3) is 5.91 Å². The van der Waals surface area contributed by atoms with Crippen molar-refractivity contribution in [2.75, 3.05) is 0 Å². The molecule has 2 unspecified atom stereocenters. The molecule has 2 aliphatic heterocycles. The molecule has 0 spiro atoms. The standard InChI is InChI=1S/C20H22F3N3O3/c1-2-11(8-19(14-5-6-14)17(28)24-18(29)25-19)16(27)26-9-12-3-4-15(20(21,22)23)7-13(12)10-26/h3-4,7,11,14H,2,5-6,8-10H2,1H3,(H2,24,25,28,29). The molecule has 2 fully saturated rings. The summed E-state index contributed by atoms with van der Waals surface area (Å²) in [5, 5.41) is 5.02. The molecule has 156 valence electrons. The zero-order chi connectivity index (χ0) is 21.0. The molecule has 6 nitrogen and oxygen atoms in total. The molecule has 4 amide bonds. The molecule has 29 heavy (non-hydrogen) atoms. The van der Waals surface area contributed by atoms with E-state index in [1.54, 1.807) is 0 Å². The van der Waals surface area contributed by atoms with Crippen LogP contribution >= 0.6 is 0 Å². The van der Waals surface area contributed by atoms with Crippen LogP contribution in [-0.2, 0) is 28.9 Å². The monoisotopic (exact) mass is 409 g/mol. The van der Waals surface area contributed by atoms with Crippen molar-refractivity contribution in [1.29, 1.82) is 0 Å². The maximum Gasteiger partial charge on any atom is 0.416 e. The molecule has 3 aliphatic rings. The van der Waals surface area contributed by atoms with Crippen LogP contribution in [0.5, 0.6) is 0 Å². The number of carbonyl (C=O) groups excluding carboxylic acids is 3. The number of rotatable bonds is 5. The number of imide groups is 1. The van der Waals surface area contributed by atoms with E-state index in [1.165, 1.54) is 11.0 Å². The average Bonchev–Trinajstić information content (AvgIpc) is 3.35. The number of nitrogens with zero attached hydrogens (tertiary/aromatic N) is 1. The van der Waals surface area contributed by atoms with E-state index < -0.39 is 35.1 Å². The Hall–Kier alpha value is -2.58. The van der Waals surface area contributed by atoms with E-state index in [9.17, 15) is 27.6 Å². The van der Waals surface area contributed by atoms with Crippen molar-refractivity contribution in [3.8, 4) is 0 Å². The minimum absolute atomic E-state index is 0.0147.